The predicted octanol–water partition coefficient (Wildman–Crippen LogP) is 1.67. The lowest BCUT2D eigenvalue weighted by molar-refractivity contribution is -0.116. The Morgan fingerprint density at radius 3 is 2.77 bits per heavy atom. The van der Waals surface area contributed by atoms with Crippen molar-refractivity contribution in [3.63, 3.8) is 0 Å². The van der Waals surface area contributed by atoms with Gasteiger partial charge in [0.15, 0.2) is 5.13 Å². The van der Waals surface area contributed by atoms with Crippen LogP contribution in [0.4, 0.5) is 5.13 Å². The van der Waals surface area contributed by atoms with E-state index in [1.165, 1.54) is 6.20 Å². The maximum atomic E-state index is 11.7. The minimum absolute atomic E-state index is 0.113. The molecule has 2 N–H and O–H groups in total. The standard InChI is InChI=1S/C14H21N3O4S/c18-12(16-14-15-10-11(22-14)13(19)20)4-2-1-3-5-17-6-8-21-9-7-17/h10H,1-9H2,(H,19,20)(H,15,16,18). The summed E-state index contributed by atoms with van der Waals surface area (Å²) in [6.07, 6.45) is 4.60. The first-order chi connectivity index (χ1) is 10.6. The van der Waals surface area contributed by atoms with Crippen molar-refractivity contribution in [2.24, 2.45) is 0 Å². The summed E-state index contributed by atoms with van der Waals surface area (Å²) in [6.45, 7) is 4.68. The molecule has 2 rings (SSSR count). The van der Waals surface area contributed by atoms with Crippen molar-refractivity contribution in [3.8, 4) is 0 Å². The molecule has 8 heteroatoms. The highest BCUT2D eigenvalue weighted by atomic mass is 32.1. The Labute approximate surface area is 133 Å². The van der Waals surface area contributed by atoms with Crippen molar-refractivity contribution in [3.05, 3.63) is 11.1 Å². The van der Waals surface area contributed by atoms with Crippen molar-refractivity contribution in [2.45, 2.75) is 25.7 Å². The van der Waals surface area contributed by atoms with Gasteiger partial charge in [-0.1, -0.05) is 17.8 Å². The third-order valence-electron chi connectivity index (χ3n) is 3.44. The second-order valence-corrected chi connectivity index (χ2v) is 6.18. The van der Waals surface area contributed by atoms with Gasteiger partial charge in [0.05, 0.1) is 19.4 Å². The summed E-state index contributed by atoms with van der Waals surface area (Å²) in [5.74, 6) is -1.14. The maximum Gasteiger partial charge on any atom is 0.347 e. The fraction of sp³-hybridized carbons (Fsp3) is 0.643. The van der Waals surface area contributed by atoms with Crippen LogP contribution in [0.3, 0.4) is 0 Å². The number of carboxylic acid groups (broad SMARTS) is 1. The van der Waals surface area contributed by atoms with Crippen molar-refractivity contribution in [1.82, 2.24) is 9.88 Å². The van der Waals surface area contributed by atoms with Crippen LogP contribution < -0.4 is 5.32 Å². The number of carbonyl (C=O) groups excluding carboxylic acids is 1. The molecule has 0 aromatic carbocycles. The molecule has 1 saturated heterocycles. The molecule has 2 heterocycles. The number of unbranched alkanes of at least 4 members (excludes halogenated alkanes) is 2. The number of ether oxygens (including phenoxy) is 1. The molecular weight excluding hydrogens is 306 g/mol. The number of carboxylic acids is 1. The third-order valence-corrected chi connectivity index (χ3v) is 4.35. The van der Waals surface area contributed by atoms with Crippen molar-refractivity contribution >= 4 is 28.3 Å². The SMILES string of the molecule is O=C(CCCCCN1CCOCC1)Nc1ncc(C(=O)O)s1. The average molecular weight is 327 g/mol. The van der Waals surface area contributed by atoms with Gasteiger partial charge < -0.3 is 15.2 Å². The smallest absolute Gasteiger partial charge is 0.347 e. The molecule has 0 radical (unpaired) electrons. The summed E-state index contributed by atoms with van der Waals surface area (Å²) in [6, 6.07) is 0. The highest BCUT2D eigenvalue weighted by Gasteiger charge is 2.11. The molecular formula is C14H21N3O4S. The van der Waals surface area contributed by atoms with E-state index in [-0.39, 0.29) is 10.8 Å². The quantitative estimate of drug-likeness (QED) is 0.706. The lowest BCUT2D eigenvalue weighted by atomic mass is 10.2. The molecule has 0 unspecified atom stereocenters. The first-order valence-electron chi connectivity index (χ1n) is 7.44. The zero-order valence-electron chi connectivity index (χ0n) is 12.4. The largest absolute Gasteiger partial charge is 0.477 e. The van der Waals surface area contributed by atoms with Crippen LogP contribution in [-0.4, -0.2) is 59.7 Å². The Morgan fingerprint density at radius 1 is 1.32 bits per heavy atom. The average Bonchev–Trinajstić information content (AvgIpc) is 2.96. The van der Waals surface area contributed by atoms with E-state index in [2.05, 4.69) is 15.2 Å². The van der Waals surface area contributed by atoms with Gasteiger partial charge in [0, 0.05) is 19.5 Å². The second-order valence-electron chi connectivity index (χ2n) is 5.15. The van der Waals surface area contributed by atoms with E-state index in [0.717, 1.165) is 63.4 Å². The van der Waals surface area contributed by atoms with Crippen LogP contribution in [0, 0.1) is 0 Å². The van der Waals surface area contributed by atoms with Gasteiger partial charge in [0.25, 0.3) is 0 Å². The first kappa shape index (κ1) is 16.9. The fourth-order valence-electron chi connectivity index (χ4n) is 2.24. The number of carbonyl (C=O) groups is 2. The predicted molar refractivity (Wildman–Crippen MR) is 83.4 cm³/mol. The monoisotopic (exact) mass is 327 g/mol. The van der Waals surface area contributed by atoms with E-state index < -0.39 is 5.97 Å². The van der Waals surface area contributed by atoms with E-state index >= 15 is 0 Å². The molecule has 1 amide bonds. The normalized spacial score (nSPS) is 15.6. The summed E-state index contributed by atoms with van der Waals surface area (Å²) in [5.41, 5.74) is 0. The molecule has 7 nitrogen and oxygen atoms in total. The van der Waals surface area contributed by atoms with E-state index in [0.29, 0.717) is 11.6 Å². The van der Waals surface area contributed by atoms with Gasteiger partial charge in [-0.2, -0.15) is 0 Å². The fourth-order valence-corrected chi connectivity index (χ4v) is 2.91. The van der Waals surface area contributed by atoms with Gasteiger partial charge in [0.2, 0.25) is 5.91 Å². The molecule has 0 aliphatic carbocycles. The number of morpholine rings is 1. The number of anilines is 1. The van der Waals surface area contributed by atoms with Gasteiger partial charge in [-0.05, 0) is 19.4 Å². The van der Waals surface area contributed by atoms with E-state index in [1.54, 1.807) is 0 Å². The number of aromatic nitrogens is 1. The van der Waals surface area contributed by atoms with Crippen molar-refractivity contribution in [2.75, 3.05) is 38.2 Å². The Bertz CT molecular complexity index is 500. The van der Waals surface area contributed by atoms with Gasteiger partial charge in [-0.25, -0.2) is 9.78 Å². The lowest BCUT2D eigenvalue weighted by Gasteiger charge is -2.26. The molecule has 0 atom stereocenters. The molecule has 1 aromatic rings. The number of nitrogens with one attached hydrogen (secondary N) is 1. The van der Waals surface area contributed by atoms with Crippen LogP contribution in [0.1, 0.15) is 35.4 Å². The molecule has 1 aromatic heterocycles. The highest BCUT2D eigenvalue weighted by molar-refractivity contribution is 7.17. The Balaban J connectivity index is 1.56. The van der Waals surface area contributed by atoms with Gasteiger partial charge in [0.1, 0.15) is 4.88 Å². The first-order valence-corrected chi connectivity index (χ1v) is 8.26. The van der Waals surface area contributed by atoms with Gasteiger partial charge >= 0.3 is 5.97 Å². The number of hydrogen-bond acceptors (Lipinski definition) is 6. The van der Waals surface area contributed by atoms with E-state index in [1.807, 2.05) is 0 Å². The summed E-state index contributed by atoms with van der Waals surface area (Å²) in [7, 11) is 0. The van der Waals surface area contributed by atoms with Crippen molar-refractivity contribution in [1.29, 1.82) is 0 Å². The molecule has 1 aliphatic heterocycles. The van der Waals surface area contributed by atoms with Crippen LogP contribution >= 0.6 is 11.3 Å². The molecule has 122 valence electrons. The molecule has 0 saturated carbocycles. The number of hydrogen-bond donors (Lipinski definition) is 2. The van der Waals surface area contributed by atoms with Gasteiger partial charge in [-0.15, -0.1) is 0 Å². The van der Waals surface area contributed by atoms with Crippen LogP contribution in [0.15, 0.2) is 6.20 Å². The van der Waals surface area contributed by atoms with Gasteiger partial charge in [-0.3, -0.25) is 9.69 Å². The van der Waals surface area contributed by atoms with Crippen LogP contribution in [0.2, 0.25) is 0 Å². The summed E-state index contributed by atoms with van der Waals surface area (Å²) in [4.78, 5) is 28.8. The summed E-state index contributed by atoms with van der Waals surface area (Å²) >= 11 is 0.971. The maximum absolute atomic E-state index is 11.7. The number of aromatic carboxylic acids is 1. The Kier molecular flexibility index (Phi) is 6.75. The van der Waals surface area contributed by atoms with E-state index in [9.17, 15) is 9.59 Å². The molecule has 0 bridgehead atoms. The Hall–Kier alpha value is -1.51. The number of thiazole rings is 1. The van der Waals surface area contributed by atoms with Crippen molar-refractivity contribution < 1.29 is 19.4 Å². The number of amides is 1. The molecule has 1 fully saturated rings. The Morgan fingerprint density at radius 2 is 2.09 bits per heavy atom. The van der Waals surface area contributed by atoms with Crippen LogP contribution in [0.5, 0.6) is 0 Å². The zero-order chi connectivity index (χ0) is 15.8. The third kappa shape index (κ3) is 5.70. The molecule has 0 spiro atoms. The lowest BCUT2D eigenvalue weighted by Crippen LogP contribution is -2.36. The summed E-state index contributed by atoms with van der Waals surface area (Å²) < 4.78 is 5.30. The minimum atomic E-state index is -1.03. The molecule has 22 heavy (non-hydrogen) atoms. The van der Waals surface area contributed by atoms with E-state index in [4.69, 9.17) is 9.84 Å². The number of nitrogens with zero attached hydrogens (tertiary/aromatic N) is 2. The van der Waals surface area contributed by atoms with Crippen LogP contribution in [0.25, 0.3) is 0 Å². The second kappa shape index (κ2) is 8.82. The van der Waals surface area contributed by atoms with Crippen LogP contribution in [-0.2, 0) is 9.53 Å². The highest BCUT2D eigenvalue weighted by Crippen LogP contribution is 2.18. The zero-order valence-corrected chi connectivity index (χ0v) is 13.2. The minimum Gasteiger partial charge on any atom is -0.477 e. The topological polar surface area (TPSA) is 91.8 Å². The number of rotatable bonds is 8. The molecule has 1 aliphatic rings. The summed E-state index contributed by atoms with van der Waals surface area (Å²) in [5, 5.41) is 11.8.